The fourth-order valence-electron chi connectivity index (χ4n) is 4.24. The smallest absolute Gasteiger partial charge is 0.264 e. The first kappa shape index (κ1) is 27.1. The second-order valence-corrected chi connectivity index (χ2v) is 10.8. The summed E-state index contributed by atoms with van der Waals surface area (Å²) in [5, 5.41) is 2.78. The predicted molar refractivity (Wildman–Crippen MR) is 141 cm³/mol. The lowest BCUT2D eigenvalue weighted by Crippen LogP contribution is -2.40. The molecule has 10 heteroatoms. The van der Waals surface area contributed by atoms with Crippen molar-refractivity contribution in [2.75, 3.05) is 24.0 Å². The Hall–Kier alpha value is -3.92. The van der Waals surface area contributed by atoms with Crippen LogP contribution in [0.1, 0.15) is 30.9 Å². The highest BCUT2D eigenvalue weighted by molar-refractivity contribution is 7.92. The van der Waals surface area contributed by atoms with Crippen LogP contribution < -0.4 is 14.4 Å². The van der Waals surface area contributed by atoms with Gasteiger partial charge in [0.25, 0.3) is 10.0 Å². The largest absolute Gasteiger partial charge is 0.494 e. The van der Waals surface area contributed by atoms with Crippen LogP contribution >= 0.6 is 0 Å². The topological polar surface area (TPSA) is 96.0 Å². The molecule has 8 nitrogen and oxygen atoms in total. The number of likely N-dealkylation sites (tertiary alicyclic amines) is 1. The van der Waals surface area contributed by atoms with E-state index in [0.29, 0.717) is 25.3 Å². The van der Waals surface area contributed by atoms with Crippen molar-refractivity contribution in [2.45, 2.75) is 37.8 Å². The first-order chi connectivity index (χ1) is 18.3. The van der Waals surface area contributed by atoms with E-state index in [9.17, 15) is 22.4 Å². The van der Waals surface area contributed by atoms with Gasteiger partial charge < -0.3 is 15.0 Å². The van der Waals surface area contributed by atoms with Crippen LogP contribution in [0, 0.1) is 5.82 Å². The molecule has 1 saturated heterocycles. The van der Waals surface area contributed by atoms with E-state index in [1.165, 1.54) is 12.1 Å². The van der Waals surface area contributed by atoms with Gasteiger partial charge in [-0.1, -0.05) is 24.3 Å². The molecular weight excluding hydrogens is 509 g/mol. The van der Waals surface area contributed by atoms with Crippen molar-refractivity contribution in [3.05, 3.63) is 89.7 Å². The molecule has 200 valence electrons. The third-order valence-corrected chi connectivity index (χ3v) is 7.94. The van der Waals surface area contributed by atoms with Gasteiger partial charge in [0.15, 0.2) is 0 Å². The molecule has 0 atom stereocenters. The molecule has 3 aromatic rings. The molecule has 0 bridgehead atoms. The highest BCUT2D eigenvalue weighted by atomic mass is 32.2. The minimum absolute atomic E-state index is 0.134. The van der Waals surface area contributed by atoms with Gasteiger partial charge in [-0.3, -0.25) is 13.9 Å². The molecular formula is C28H30FN3O5S. The predicted octanol–water partition coefficient (Wildman–Crippen LogP) is 3.86. The number of nitrogens with zero attached hydrogens (tertiary/aromatic N) is 2. The van der Waals surface area contributed by atoms with Crippen LogP contribution in [-0.4, -0.2) is 44.8 Å². The van der Waals surface area contributed by atoms with Crippen molar-refractivity contribution >= 4 is 27.5 Å². The lowest BCUT2D eigenvalue weighted by atomic mass is 10.1. The highest BCUT2D eigenvalue weighted by Gasteiger charge is 2.27. The number of carbonyl (C=O) groups excluding carboxylic acids is 2. The number of anilines is 1. The van der Waals surface area contributed by atoms with E-state index in [0.717, 1.165) is 40.5 Å². The van der Waals surface area contributed by atoms with Crippen molar-refractivity contribution in [2.24, 2.45) is 0 Å². The standard InChI is InChI=1S/C28H30FN3O5S/c1-2-37-25-12-10-24(11-13-25)32(38(35,36)26-14-8-23(29)9-15-26)20-27(33)30-18-21-5-3-6-22(17-21)19-31-16-4-7-28(31)34/h3,5-6,8-15,17H,2,4,7,16,18-20H2,1H3,(H,30,33). The zero-order valence-electron chi connectivity index (χ0n) is 21.1. The molecule has 38 heavy (non-hydrogen) atoms. The van der Waals surface area contributed by atoms with E-state index < -0.39 is 28.3 Å². The molecule has 3 aromatic carbocycles. The van der Waals surface area contributed by atoms with Crippen molar-refractivity contribution < 1.29 is 27.1 Å². The Balaban J connectivity index is 1.49. The molecule has 0 unspecified atom stereocenters. The normalized spacial score (nSPS) is 13.4. The summed E-state index contributed by atoms with van der Waals surface area (Å²) < 4.78 is 46.8. The number of hydrogen-bond acceptors (Lipinski definition) is 5. The lowest BCUT2D eigenvalue weighted by Gasteiger charge is -2.24. The minimum atomic E-state index is -4.17. The van der Waals surface area contributed by atoms with Gasteiger partial charge in [-0.05, 0) is 73.0 Å². The van der Waals surface area contributed by atoms with Crippen molar-refractivity contribution in [3.63, 3.8) is 0 Å². The number of halogens is 1. The van der Waals surface area contributed by atoms with E-state index in [2.05, 4.69) is 5.32 Å². The summed E-state index contributed by atoms with van der Waals surface area (Å²) in [6.07, 6.45) is 1.43. The van der Waals surface area contributed by atoms with Gasteiger partial charge in [-0.15, -0.1) is 0 Å². The lowest BCUT2D eigenvalue weighted by molar-refractivity contribution is -0.128. The number of benzene rings is 3. The Morgan fingerprint density at radius 1 is 1.05 bits per heavy atom. The van der Waals surface area contributed by atoms with Gasteiger partial charge in [0.05, 0.1) is 17.2 Å². The van der Waals surface area contributed by atoms with Crippen LogP contribution in [-0.2, 0) is 32.7 Å². The van der Waals surface area contributed by atoms with Crippen LogP contribution in [0.3, 0.4) is 0 Å². The number of carbonyl (C=O) groups is 2. The number of nitrogens with one attached hydrogen (secondary N) is 1. The summed E-state index contributed by atoms with van der Waals surface area (Å²) in [6.45, 7) is 3.26. The van der Waals surface area contributed by atoms with Gasteiger partial charge >= 0.3 is 0 Å². The van der Waals surface area contributed by atoms with Gasteiger partial charge in [0, 0.05) is 26.1 Å². The Bertz CT molecular complexity index is 1380. The molecule has 1 heterocycles. The molecule has 0 radical (unpaired) electrons. The van der Waals surface area contributed by atoms with E-state index in [1.54, 1.807) is 24.3 Å². The van der Waals surface area contributed by atoms with Gasteiger partial charge in [-0.25, -0.2) is 12.8 Å². The minimum Gasteiger partial charge on any atom is -0.494 e. The van der Waals surface area contributed by atoms with Gasteiger partial charge in [-0.2, -0.15) is 0 Å². The second kappa shape index (κ2) is 12.1. The van der Waals surface area contributed by atoms with E-state index in [-0.39, 0.29) is 23.0 Å². The van der Waals surface area contributed by atoms with Crippen LogP contribution in [0.5, 0.6) is 5.75 Å². The highest BCUT2D eigenvalue weighted by Crippen LogP contribution is 2.26. The molecule has 0 aliphatic carbocycles. The quantitative estimate of drug-likeness (QED) is 0.399. The third kappa shape index (κ3) is 6.69. The summed E-state index contributed by atoms with van der Waals surface area (Å²) >= 11 is 0. The van der Waals surface area contributed by atoms with Crippen molar-refractivity contribution in [1.82, 2.24) is 10.2 Å². The Morgan fingerprint density at radius 3 is 2.42 bits per heavy atom. The average Bonchev–Trinajstić information content (AvgIpc) is 3.31. The van der Waals surface area contributed by atoms with Crippen LogP contribution in [0.15, 0.2) is 77.7 Å². The Kier molecular flexibility index (Phi) is 8.62. The maximum absolute atomic E-state index is 13.5. The van der Waals surface area contributed by atoms with Gasteiger partial charge in [0.1, 0.15) is 18.1 Å². The SMILES string of the molecule is CCOc1ccc(N(CC(=O)NCc2cccc(CN3CCCC3=O)c2)S(=O)(=O)c2ccc(F)cc2)cc1. The van der Waals surface area contributed by atoms with E-state index in [1.807, 2.05) is 36.1 Å². The third-order valence-electron chi connectivity index (χ3n) is 6.15. The van der Waals surface area contributed by atoms with Gasteiger partial charge in [0.2, 0.25) is 11.8 Å². The summed E-state index contributed by atoms with van der Waals surface area (Å²) in [5.74, 6) is -0.369. The summed E-state index contributed by atoms with van der Waals surface area (Å²) in [7, 11) is -4.17. The number of rotatable bonds is 11. The molecule has 1 aliphatic heterocycles. The number of amides is 2. The fraction of sp³-hybridized carbons (Fsp3) is 0.286. The number of ether oxygens (including phenoxy) is 1. The first-order valence-corrected chi connectivity index (χ1v) is 13.8. The van der Waals surface area contributed by atoms with E-state index in [4.69, 9.17) is 4.74 Å². The summed E-state index contributed by atoms with van der Waals surface area (Å²) in [4.78, 5) is 26.6. The zero-order valence-corrected chi connectivity index (χ0v) is 21.9. The molecule has 0 spiro atoms. The first-order valence-electron chi connectivity index (χ1n) is 12.4. The molecule has 0 saturated carbocycles. The molecule has 1 aliphatic rings. The fourth-order valence-corrected chi connectivity index (χ4v) is 5.66. The molecule has 0 aromatic heterocycles. The zero-order chi connectivity index (χ0) is 27.1. The van der Waals surface area contributed by atoms with Crippen LogP contribution in [0.4, 0.5) is 10.1 Å². The number of sulfonamides is 1. The van der Waals surface area contributed by atoms with Crippen LogP contribution in [0.2, 0.25) is 0 Å². The van der Waals surface area contributed by atoms with Crippen molar-refractivity contribution in [3.8, 4) is 5.75 Å². The maximum Gasteiger partial charge on any atom is 0.264 e. The summed E-state index contributed by atoms with van der Waals surface area (Å²) in [6, 6.07) is 18.4. The monoisotopic (exact) mass is 539 g/mol. The second-order valence-electron chi connectivity index (χ2n) is 8.91. The Labute approximate surface area is 222 Å². The maximum atomic E-state index is 13.5. The molecule has 1 fully saturated rings. The molecule has 1 N–H and O–H groups in total. The Morgan fingerprint density at radius 2 is 1.76 bits per heavy atom. The van der Waals surface area contributed by atoms with E-state index >= 15 is 0 Å². The average molecular weight is 540 g/mol. The summed E-state index contributed by atoms with van der Waals surface area (Å²) in [5.41, 5.74) is 2.06. The number of hydrogen-bond donors (Lipinski definition) is 1. The molecule has 4 rings (SSSR count). The molecule has 2 amide bonds. The van der Waals surface area contributed by atoms with Crippen molar-refractivity contribution in [1.29, 1.82) is 0 Å². The van der Waals surface area contributed by atoms with Crippen LogP contribution in [0.25, 0.3) is 0 Å².